The molecule has 0 saturated heterocycles. The lowest BCUT2D eigenvalue weighted by atomic mass is 9.59. The Hall–Kier alpha value is -5.92. The summed E-state index contributed by atoms with van der Waals surface area (Å²) in [5.74, 6) is 0. The second-order valence-corrected chi connectivity index (χ2v) is 16.2. The molecule has 0 aliphatic heterocycles. The van der Waals surface area contributed by atoms with Gasteiger partial charge in [-0.15, -0.1) is 21.9 Å². The predicted octanol–water partition coefficient (Wildman–Crippen LogP) is -0.219. The van der Waals surface area contributed by atoms with Crippen LogP contribution < -0.4 is 43.7 Å². The molecule has 0 unspecified atom stereocenters. The minimum Gasteiger partial charge on any atom is -0.456 e. The summed E-state index contributed by atoms with van der Waals surface area (Å²) in [5, 5.41) is 10.1. The fraction of sp³-hybridized carbons (Fsp3) is 0. The van der Waals surface area contributed by atoms with Gasteiger partial charge in [0.05, 0.1) is 0 Å². The Labute approximate surface area is 341 Å². The molecule has 0 saturated carbocycles. The number of hydrogen-bond acceptors (Lipinski definition) is 1. The third kappa shape index (κ3) is 5.28. The fourth-order valence-electron chi connectivity index (χ4n) is 9.83. The average molecular weight is 717 g/mol. The Kier molecular flexibility index (Phi) is 8.31. The van der Waals surface area contributed by atoms with Gasteiger partial charge >= 0.3 is 0 Å². The maximum absolute atomic E-state index is 6.74. The van der Waals surface area contributed by atoms with Gasteiger partial charge in [-0.1, -0.05) is 131 Å². The van der Waals surface area contributed by atoms with Gasteiger partial charge in [0.25, 0.3) is 0 Å². The zero-order chi connectivity index (χ0) is 39.3. The van der Waals surface area contributed by atoms with Gasteiger partial charge < -0.3 is 4.42 Å². The maximum Gasteiger partial charge on any atom is 0.139 e. The van der Waals surface area contributed by atoms with Crippen molar-refractivity contribution in [3.63, 3.8) is 0 Å². The van der Waals surface area contributed by atoms with Gasteiger partial charge in [0.1, 0.15) is 73.9 Å². The Morgan fingerprint density at radius 1 is 0.298 bits per heavy atom. The first-order valence-corrected chi connectivity index (χ1v) is 20.2. The maximum atomic E-state index is 6.74. The summed E-state index contributed by atoms with van der Waals surface area (Å²) < 4.78 is 6.74. The van der Waals surface area contributed by atoms with Gasteiger partial charge in [-0.05, 0) is 101 Å². The molecule has 0 aliphatic carbocycles. The summed E-state index contributed by atoms with van der Waals surface area (Å²) in [6.07, 6.45) is 0. The van der Waals surface area contributed by atoms with Crippen LogP contribution in [0.25, 0.3) is 98.8 Å². The molecule has 10 rings (SSSR count). The van der Waals surface area contributed by atoms with Crippen molar-refractivity contribution in [3.8, 4) is 44.5 Å². The van der Waals surface area contributed by atoms with E-state index < -0.39 is 0 Å². The van der Waals surface area contributed by atoms with Gasteiger partial charge in [0, 0.05) is 10.8 Å². The van der Waals surface area contributed by atoms with E-state index >= 15 is 0 Å². The number of hydrogen-bond donors (Lipinski definition) is 0. The van der Waals surface area contributed by atoms with E-state index in [0.717, 1.165) is 16.6 Å². The molecule has 0 spiro atoms. The first kappa shape index (κ1) is 35.5. The predicted molar refractivity (Wildman–Crippen MR) is 273 cm³/mol. The van der Waals surface area contributed by atoms with Gasteiger partial charge in [0.15, 0.2) is 0 Å². The minimum absolute atomic E-state index is 0.920. The van der Waals surface area contributed by atoms with Crippen LogP contribution in [-0.2, 0) is 0 Å². The summed E-state index contributed by atoms with van der Waals surface area (Å²) in [5.41, 5.74) is 22.6. The van der Waals surface area contributed by atoms with Crippen LogP contribution in [0.4, 0.5) is 0 Å². The fourth-order valence-corrected chi connectivity index (χ4v) is 9.83. The molecule has 9 aromatic carbocycles. The molecular formula is C48H38B8O. The summed E-state index contributed by atoms with van der Waals surface area (Å²) in [6.45, 7) is 0. The van der Waals surface area contributed by atoms with Gasteiger partial charge in [-0.2, -0.15) is 0 Å². The minimum atomic E-state index is 0.920. The highest BCUT2D eigenvalue weighted by atomic mass is 16.3. The Morgan fingerprint density at radius 2 is 0.789 bits per heavy atom. The van der Waals surface area contributed by atoms with E-state index in [0.29, 0.717) is 0 Å². The van der Waals surface area contributed by atoms with Crippen LogP contribution in [0.3, 0.4) is 0 Å². The number of benzene rings is 9. The molecule has 0 atom stereocenters. The van der Waals surface area contributed by atoms with Crippen LogP contribution in [-0.4, -0.2) is 62.8 Å². The number of rotatable bonds is 4. The smallest absolute Gasteiger partial charge is 0.139 e. The molecule has 0 fully saturated rings. The molecule has 9 heteroatoms. The largest absolute Gasteiger partial charge is 0.456 e. The van der Waals surface area contributed by atoms with Crippen LogP contribution >= 0.6 is 0 Å². The van der Waals surface area contributed by atoms with E-state index in [1.54, 1.807) is 0 Å². The molecule has 1 nitrogen and oxygen atoms in total. The molecular weight excluding hydrogens is 679 g/mol. The summed E-state index contributed by atoms with van der Waals surface area (Å²) in [7, 11) is 18.6. The highest BCUT2D eigenvalue weighted by molar-refractivity contribution is 6.71. The monoisotopic (exact) mass is 718 g/mol. The topological polar surface area (TPSA) is 13.1 Å². The lowest BCUT2D eigenvalue weighted by Crippen LogP contribution is -2.50. The Bertz CT molecular complexity index is 3240. The Morgan fingerprint density at radius 3 is 1.35 bits per heavy atom. The molecule has 10 aromatic rings. The van der Waals surface area contributed by atoms with Crippen molar-refractivity contribution in [1.82, 2.24) is 0 Å². The van der Waals surface area contributed by atoms with Crippen molar-refractivity contribution in [2.75, 3.05) is 0 Å². The highest BCUT2D eigenvalue weighted by Gasteiger charge is 2.27. The second kappa shape index (κ2) is 13.3. The van der Waals surface area contributed by atoms with Crippen LogP contribution in [0.5, 0.6) is 0 Å². The number of fused-ring (bicyclic) bond motifs is 6. The van der Waals surface area contributed by atoms with Crippen LogP contribution in [0.1, 0.15) is 0 Å². The molecule has 0 aliphatic rings. The van der Waals surface area contributed by atoms with Crippen molar-refractivity contribution in [1.29, 1.82) is 0 Å². The average Bonchev–Trinajstić information content (AvgIpc) is 3.62. The molecule has 57 heavy (non-hydrogen) atoms. The van der Waals surface area contributed by atoms with Crippen LogP contribution in [0.2, 0.25) is 0 Å². The van der Waals surface area contributed by atoms with E-state index in [1.807, 2.05) is 0 Å². The highest BCUT2D eigenvalue weighted by Crippen LogP contribution is 2.46. The molecule has 1 heterocycles. The second-order valence-electron chi connectivity index (χ2n) is 16.2. The number of furan rings is 1. The third-order valence-electron chi connectivity index (χ3n) is 13.5. The van der Waals surface area contributed by atoms with Crippen molar-refractivity contribution in [2.24, 2.45) is 0 Å². The van der Waals surface area contributed by atoms with Crippen LogP contribution in [0.15, 0.2) is 138 Å². The van der Waals surface area contributed by atoms with E-state index in [9.17, 15) is 0 Å². The van der Waals surface area contributed by atoms with Gasteiger partial charge in [-0.3, -0.25) is 0 Å². The Balaban J connectivity index is 1.43. The molecule has 0 radical (unpaired) electrons. The molecule has 0 bridgehead atoms. The van der Waals surface area contributed by atoms with Crippen LogP contribution in [0, 0.1) is 0 Å². The molecule has 0 amide bonds. The summed E-state index contributed by atoms with van der Waals surface area (Å²) >= 11 is 0. The summed E-state index contributed by atoms with van der Waals surface area (Å²) in [4.78, 5) is 0. The lowest BCUT2D eigenvalue weighted by Gasteiger charge is -2.28. The quantitative estimate of drug-likeness (QED) is 0.182. The molecule has 1 aromatic heterocycles. The standard InChI is InChI=1S/C48H38B8O/c49-41-37-34(27-18-19-28(23-10-3-1-4-11-23)30(21-27)24-12-5-2-6-13-24)38-40(44(52)48(56)46(54)42(38)50)36(39(37)43(51)47(55)45(41)53)29-16-9-17-32-35(29)31-20-25-14-7-8-15-26(25)22-33(31)57-32/h1-22H,49-56H2. The zero-order valence-corrected chi connectivity index (χ0v) is 34.1. The van der Waals surface area contributed by atoms with E-state index in [2.05, 4.69) is 196 Å². The first-order chi connectivity index (χ1) is 27.6. The normalized spacial score (nSPS) is 11.7. The molecule has 260 valence electrons. The lowest BCUT2D eigenvalue weighted by molar-refractivity contribution is 0.669. The third-order valence-corrected chi connectivity index (χ3v) is 13.5. The van der Waals surface area contributed by atoms with Crippen molar-refractivity contribution in [2.45, 2.75) is 0 Å². The first-order valence-electron chi connectivity index (χ1n) is 20.2. The van der Waals surface area contributed by atoms with Crippen molar-refractivity contribution >= 4 is 161 Å². The van der Waals surface area contributed by atoms with Crippen molar-refractivity contribution in [3.05, 3.63) is 133 Å². The van der Waals surface area contributed by atoms with Gasteiger partial charge in [-0.25, -0.2) is 0 Å². The van der Waals surface area contributed by atoms with E-state index in [1.165, 1.54) is 126 Å². The molecule has 0 N–H and O–H groups in total. The van der Waals surface area contributed by atoms with Gasteiger partial charge in [0.2, 0.25) is 0 Å². The van der Waals surface area contributed by atoms with E-state index in [-0.39, 0.29) is 0 Å². The van der Waals surface area contributed by atoms with Crippen molar-refractivity contribution < 1.29 is 4.42 Å². The summed E-state index contributed by atoms with van der Waals surface area (Å²) in [6, 6.07) is 48.8. The SMILES string of the molecule is Bc1c(B)c(B)c2c(-c3cccc4oc5cc6ccccc6cc5c34)c3c(B)c(B)c(B)c(B)c3c(-c3ccc(-c4ccccc4)c(-c4ccccc4)c3)c2c1B. The van der Waals surface area contributed by atoms with E-state index in [4.69, 9.17) is 4.42 Å². The zero-order valence-electron chi connectivity index (χ0n) is 34.1.